The Labute approximate surface area is 156 Å². The molecule has 0 aliphatic heterocycles. The zero-order valence-electron chi connectivity index (χ0n) is 11.4. The summed E-state index contributed by atoms with van der Waals surface area (Å²) < 4.78 is 118. The Bertz CT molecular complexity index is 407. The quantitative estimate of drug-likeness (QED) is 0.166. The molecule has 0 spiro atoms. The molecule has 0 heterocycles. The van der Waals surface area contributed by atoms with E-state index >= 15 is 0 Å². The van der Waals surface area contributed by atoms with Gasteiger partial charge in [-0.25, -0.2) is 4.79 Å². The normalized spacial score (nSPS) is 9.38. The molecular weight excluding hydrogens is 498 g/mol. The first-order chi connectivity index (χ1) is 10.8. The zero-order chi connectivity index (χ0) is 21.6. The van der Waals surface area contributed by atoms with E-state index in [1.165, 1.54) is 0 Å². The molecule has 0 fully saturated rings. The lowest BCUT2D eigenvalue weighted by atomic mass is 10.8. The second-order valence-electron chi connectivity index (χ2n) is 2.48. The number of carbonyl (C=O) groups is 1. The number of halogens is 16. The predicted molar refractivity (Wildman–Crippen MR) is 70.0 cm³/mol. The van der Waals surface area contributed by atoms with Gasteiger partial charge in [0.1, 0.15) is 0 Å². The fourth-order valence-electron chi connectivity index (χ4n) is 0.0772. The molecule has 0 unspecified atom stereocenters. The van der Waals surface area contributed by atoms with Crippen molar-refractivity contribution < 1.29 is 62.5 Å². The maximum Gasteiger partial charge on any atom is 0.483 e. The first-order valence-corrected chi connectivity index (χ1v) is 5.91. The van der Waals surface area contributed by atoms with Gasteiger partial charge in [-0.1, -0.05) is 23.2 Å². The summed E-state index contributed by atoms with van der Waals surface area (Å²) in [6.07, 6.45) is -7.74. The minimum atomic E-state index is -4.23. The molecule has 0 aliphatic rings. The lowest BCUT2D eigenvalue weighted by molar-refractivity contribution is 0.0241. The zero-order valence-corrected chi connectivity index (χ0v) is 14.4. The Balaban J connectivity index is -0.0000000764. The Morgan fingerprint density at radius 1 is 0.808 bits per heavy atom. The number of methoxy groups -OCH3 is 1. The molecule has 0 amide bonds. The van der Waals surface area contributed by atoms with Crippen molar-refractivity contribution in [3.63, 3.8) is 0 Å². The standard InChI is InChI=1S/C3H3F3O.C2Cl3F3.C2ClF3.CF2O.FH/c1-7-3(6)2(4)5;3-1(4,6)2(5,7)8;3-1(4)2(5)6;2-1(3)4;/h1H3;;;;1H. The van der Waals surface area contributed by atoms with Crippen molar-refractivity contribution in [2.24, 2.45) is 0 Å². The fraction of sp³-hybridized carbons (Fsp3) is 0.375. The molecule has 0 rings (SSSR count). The van der Waals surface area contributed by atoms with Gasteiger partial charge in [0.15, 0.2) is 0 Å². The summed E-state index contributed by atoms with van der Waals surface area (Å²) in [7, 11) is 0.828. The topological polar surface area (TPSA) is 26.3 Å². The number of hydrogen-bond acceptors (Lipinski definition) is 2. The Kier molecular flexibility index (Phi) is 24.6. The van der Waals surface area contributed by atoms with Crippen LogP contribution in [0.3, 0.4) is 0 Å². The third kappa shape index (κ3) is 34.6. The minimum absolute atomic E-state index is 0. The summed E-state index contributed by atoms with van der Waals surface area (Å²) in [5.41, 5.74) is 0. The van der Waals surface area contributed by atoms with Gasteiger partial charge in [0.05, 0.1) is 7.11 Å². The number of hydrogen-bond donors (Lipinski definition) is 0. The number of carbonyl (C=O) groups excluding carboxylic acids is 1. The van der Waals surface area contributed by atoms with Gasteiger partial charge in [-0.15, -0.1) is 8.78 Å². The average Bonchev–Trinajstić information content (AvgIpc) is 2.35. The van der Waals surface area contributed by atoms with Crippen molar-refractivity contribution in [2.45, 2.75) is 9.97 Å². The predicted octanol–water partition coefficient (Wildman–Crippen LogP) is 8.04. The van der Waals surface area contributed by atoms with Crippen LogP contribution >= 0.6 is 46.4 Å². The summed E-state index contributed by atoms with van der Waals surface area (Å²) in [6, 6.07) is -1.82. The monoisotopic (exact) mass is 500 g/mol. The van der Waals surface area contributed by atoms with E-state index in [0.29, 0.717) is 0 Å². The number of alkyl halides is 6. The smallest absolute Gasteiger partial charge is 0.470 e. The molecule has 18 heteroatoms. The second-order valence-corrected chi connectivity index (χ2v) is 4.52. The average molecular weight is 502 g/mol. The van der Waals surface area contributed by atoms with Crippen LogP contribution in [0.1, 0.15) is 0 Å². The van der Waals surface area contributed by atoms with Crippen LogP contribution in [0.25, 0.3) is 0 Å². The highest BCUT2D eigenvalue weighted by molar-refractivity contribution is 6.51. The van der Waals surface area contributed by atoms with E-state index in [1.807, 2.05) is 0 Å². The summed E-state index contributed by atoms with van der Waals surface area (Å²) in [5, 5.41) is -6.16. The summed E-state index contributed by atoms with van der Waals surface area (Å²) >= 11 is 16.6. The SMILES string of the molecule is COC(F)=C(F)F.F.FC(F)(Cl)C(F)(Cl)Cl.FC(F)=C(F)Cl.O=C(F)F. The Morgan fingerprint density at radius 3 is 1.00 bits per heavy atom. The third-order valence-electron chi connectivity index (χ3n) is 0.792. The van der Waals surface area contributed by atoms with Crippen molar-refractivity contribution in [2.75, 3.05) is 7.11 Å². The second kappa shape index (κ2) is 17.7. The maximum absolute atomic E-state index is 11.5. The van der Waals surface area contributed by atoms with Crippen molar-refractivity contribution in [1.29, 1.82) is 0 Å². The number of rotatable bonds is 2. The van der Waals surface area contributed by atoms with E-state index in [9.17, 15) is 48.3 Å². The largest absolute Gasteiger partial charge is 0.483 e. The number of ether oxygens (including phenoxy) is 1. The molecule has 0 bridgehead atoms. The van der Waals surface area contributed by atoms with E-state index in [4.69, 9.17) is 4.79 Å². The van der Waals surface area contributed by atoms with Crippen molar-refractivity contribution in [3.05, 3.63) is 23.5 Å². The molecule has 0 aromatic heterocycles. The molecule has 0 atom stereocenters. The van der Waals surface area contributed by atoms with Crippen molar-refractivity contribution >= 4 is 52.7 Å². The van der Waals surface area contributed by atoms with Crippen LogP contribution in [0.2, 0.25) is 0 Å². The molecule has 160 valence electrons. The van der Waals surface area contributed by atoms with Crippen molar-refractivity contribution in [3.8, 4) is 0 Å². The molecule has 0 radical (unpaired) electrons. The Morgan fingerprint density at radius 2 is 1.00 bits per heavy atom. The molecule has 0 aliphatic carbocycles. The van der Waals surface area contributed by atoms with E-state index in [-0.39, 0.29) is 4.70 Å². The summed E-state index contributed by atoms with van der Waals surface area (Å²) in [6.45, 7) is 0. The lowest BCUT2D eigenvalue weighted by Gasteiger charge is -2.13. The summed E-state index contributed by atoms with van der Waals surface area (Å²) in [4.78, 5) is 8.11. The van der Waals surface area contributed by atoms with Gasteiger partial charge in [-0.2, -0.15) is 39.5 Å². The van der Waals surface area contributed by atoms with Gasteiger partial charge >= 0.3 is 34.4 Å². The summed E-state index contributed by atoms with van der Waals surface area (Å²) in [5.74, 6) is 0. The third-order valence-corrected chi connectivity index (χ3v) is 1.86. The van der Waals surface area contributed by atoms with Gasteiger partial charge in [-0.3, -0.25) is 4.70 Å². The molecule has 0 aromatic rings. The highest BCUT2D eigenvalue weighted by atomic mass is 35.5. The van der Waals surface area contributed by atoms with Gasteiger partial charge in [-0.05, 0) is 23.2 Å². The van der Waals surface area contributed by atoms with Crippen LogP contribution < -0.4 is 0 Å². The molecule has 0 saturated heterocycles. The van der Waals surface area contributed by atoms with Crippen LogP contribution in [-0.4, -0.2) is 23.4 Å². The molecule has 0 aromatic carbocycles. The molecule has 0 saturated carbocycles. The minimum Gasteiger partial charge on any atom is -0.470 e. The van der Waals surface area contributed by atoms with Crippen LogP contribution in [0, 0.1) is 0 Å². The fourth-order valence-corrected chi connectivity index (χ4v) is 0.0772. The van der Waals surface area contributed by atoms with E-state index < -0.39 is 39.7 Å². The highest BCUT2D eigenvalue weighted by Crippen LogP contribution is 2.42. The van der Waals surface area contributed by atoms with Crippen LogP contribution in [0.5, 0.6) is 0 Å². The van der Waals surface area contributed by atoms with Gasteiger partial charge in [0, 0.05) is 0 Å². The maximum atomic E-state index is 11.5. The first-order valence-electron chi connectivity index (χ1n) is 4.40. The highest BCUT2D eigenvalue weighted by Gasteiger charge is 2.51. The molecule has 0 N–H and O–H groups in total. The van der Waals surface area contributed by atoms with Crippen LogP contribution in [-0.2, 0) is 4.74 Å². The van der Waals surface area contributed by atoms with E-state index in [1.54, 1.807) is 0 Å². The van der Waals surface area contributed by atoms with Gasteiger partial charge in [0.2, 0.25) is 0 Å². The molecule has 2 nitrogen and oxygen atoms in total. The lowest BCUT2D eigenvalue weighted by Crippen LogP contribution is -2.27. The Hall–Kier alpha value is -0.730. The van der Waals surface area contributed by atoms with Crippen LogP contribution in [0.15, 0.2) is 23.5 Å². The van der Waals surface area contributed by atoms with Crippen molar-refractivity contribution in [1.82, 2.24) is 0 Å². The van der Waals surface area contributed by atoms with E-state index in [0.717, 1.165) is 7.11 Å². The van der Waals surface area contributed by atoms with Crippen LogP contribution in [0.4, 0.5) is 57.8 Å². The van der Waals surface area contributed by atoms with E-state index in [2.05, 4.69) is 51.1 Å². The molecule has 26 heavy (non-hydrogen) atoms. The molecular formula is C8H4Cl4F12O2. The van der Waals surface area contributed by atoms with Gasteiger partial charge in [0.25, 0.3) is 5.29 Å². The first kappa shape index (κ1) is 36.2. The van der Waals surface area contributed by atoms with Gasteiger partial charge < -0.3 is 4.74 Å².